The van der Waals surface area contributed by atoms with E-state index in [-0.39, 0.29) is 24.3 Å². The Morgan fingerprint density at radius 2 is 1.79 bits per heavy atom. The lowest BCUT2D eigenvalue weighted by Crippen LogP contribution is -2.44. The van der Waals surface area contributed by atoms with E-state index < -0.39 is 10.5 Å². The van der Waals surface area contributed by atoms with Crippen molar-refractivity contribution in [3.63, 3.8) is 0 Å². The summed E-state index contributed by atoms with van der Waals surface area (Å²) in [6, 6.07) is 23.9. The normalized spacial score (nSPS) is 17.2. The van der Waals surface area contributed by atoms with Gasteiger partial charge in [-0.25, -0.2) is 4.99 Å². The molecule has 0 saturated carbocycles. The van der Waals surface area contributed by atoms with Crippen molar-refractivity contribution >= 4 is 17.3 Å². The number of nitrogens with one attached hydrogen (secondary N) is 1. The summed E-state index contributed by atoms with van der Waals surface area (Å²) in [5, 5.41) is 25.5. The van der Waals surface area contributed by atoms with Gasteiger partial charge in [-0.1, -0.05) is 74.5 Å². The second-order valence-corrected chi connectivity index (χ2v) is 8.43. The summed E-state index contributed by atoms with van der Waals surface area (Å²) < 4.78 is 5.92. The van der Waals surface area contributed by atoms with Crippen LogP contribution in [0, 0.1) is 16.0 Å². The number of benzene rings is 3. The van der Waals surface area contributed by atoms with Crippen LogP contribution in [0.4, 0.5) is 11.4 Å². The minimum atomic E-state index is -0.801. The van der Waals surface area contributed by atoms with Crippen LogP contribution in [0.3, 0.4) is 0 Å². The highest BCUT2D eigenvalue weighted by Gasteiger charge is 2.37. The first-order valence-corrected chi connectivity index (χ1v) is 10.9. The number of aliphatic hydroxyl groups excluding tert-OH is 1. The van der Waals surface area contributed by atoms with Crippen LogP contribution >= 0.6 is 0 Å². The van der Waals surface area contributed by atoms with Gasteiger partial charge < -0.3 is 15.2 Å². The highest BCUT2D eigenvalue weighted by atomic mass is 16.6. The van der Waals surface area contributed by atoms with Crippen LogP contribution in [-0.4, -0.2) is 29.1 Å². The van der Waals surface area contributed by atoms with Crippen LogP contribution in [0.25, 0.3) is 0 Å². The van der Waals surface area contributed by atoms with E-state index in [2.05, 4.69) is 5.32 Å². The number of nitro groups is 1. The lowest BCUT2D eigenvalue weighted by molar-refractivity contribution is -0.384. The molecule has 3 aromatic rings. The molecule has 7 nitrogen and oxygen atoms in total. The summed E-state index contributed by atoms with van der Waals surface area (Å²) in [6.07, 6.45) is 0. The molecule has 0 amide bonds. The fourth-order valence-electron chi connectivity index (χ4n) is 4.14. The van der Waals surface area contributed by atoms with Crippen molar-refractivity contribution in [3.8, 4) is 0 Å². The molecule has 0 unspecified atom stereocenters. The third-order valence-electron chi connectivity index (χ3n) is 6.16. The van der Waals surface area contributed by atoms with Gasteiger partial charge in [-0.15, -0.1) is 0 Å². The molecule has 170 valence electrons. The molecular weight excluding hydrogens is 418 g/mol. The number of aliphatic imine (C=N–C) groups is 1. The Kier molecular flexibility index (Phi) is 6.42. The van der Waals surface area contributed by atoms with E-state index in [4.69, 9.17) is 9.73 Å². The third kappa shape index (κ3) is 4.45. The summed E-state index contributed by atoms with van der Waals surface area (Å²) in [6.45, 7) is 4.24. The molecule has 1 aliphatic heterocycles. The first kappa shape index (κ1) is 22.5. The predicted octanol–water partition coefficient (Wildman–Crippen LogP) is 5.07. The quantitative estimate of drug-likeness (QED) is 0.373. The second kappa shape index (κ2) is 9.42. The van der Waals surface area contributed by atoms with Crippen molar-refractivity contribution in [2.45, 2.75) is 25.4 Å². The van der Waals surface area contributed by atoms with Crippen molar-refractivity contribution in [2.75, 3.05) is 18.5 Å². The highest BCUT2D eigenvalue weighted by Crippen LogP contribution is 2.37. The fraction of sp³-hybridized carbons (Fsp3) is 0.269. The van der Waals surface area contributed by atoms with E-state index in [1.54, 1.807) is 6.07 Å². The third-order valence-corrected chi connectivity index (χ3v) is 6.16. The van der Waals surface area contributed by atoms with Gasteiger partial charge >= 0.3 is 0 Å². The number of nitro benzene ring substituents is 1. The zero-order valence-corrected chi connectivity index (χ0v) is 18.6. The number of rotatable bonds is 8. The molecule has 0 bridgehead atoms. The molecule has 0 aliphatic carbocycles. The van der Waals surface area contributed by atoms with E-state index in [0.717, 1.165) is 11.1 Å². The highest BCUT2D eigenvalue weighted by molar-refractivity contribution is 6.01. The van der Waals surface area contributed by atoms with Gasteiger partial charge in [0.05, 0.1) is 22.6 Å². The second-order valence-electron chi connectivity index (χ2n) is 8.43. The molecule has 4 rings (SSSR count). The smallest absolute Gasteiger partial charge is 0.270 e. The first-order chi connectivity index (χ1) is 15.9. The van der Waals surface area contributed by atoms with Crippen LogP contribution < -0.4 is 5.32 Å². The monoisotopic (exact) mass is 445 g/mol. The van der Waals surface area contributed by atoms with Gasteiger partial charge in [-0.3, -0.25) is 10.1 Å². The molecule has 0 radical (unpaired) electrons. The summed E-state index contributed by atoms with van der Waals surface area (Å²) in [5.41, 5.74) is 2.19. The van der Waals surface area contributed by atoms with Gasteiger partial charge in [0.2, 0.25) is 5.90 Å². The maximum atomic E-state index is 11.5. The fourth-order valence-corrected chi connectivity index (χ4v) is 4.14. The molecule has 0 spiro atoms. The van der Waals surface area contributed by atoms with E-state index in [0.29, 0.717) is 23.8 Å². The molecule has 0 aromatic heterocycles. The Balaban J connectivity index is 1.78. The number of anilines is 1. The van der Waals surface area contributed by atoms with Gasteiger partial charge in [0.1, 0.15) is 12.6 Å². The molecule has 2 atom stereocenters. The molecule has 2 N–H and O–H groups in total. The lowest BCUT2D eigenvalue weighted by Gasteiger charge is -2.39. The lowest BCUT2D eigenvalue weighted by atomic mass is 9.80. The SMILES string of the molecule is CC(C)[C@](CO)(Nc1ccc([N+](=O)[O-])cc1C1=N[C@H](c2ccccc2)CO1)c1ccccc1. The zero-order valence-electron chi connectivity index (χ0n) is 18.6. The average Bonchev–Trinajstić information content (AvgIpc) is 3.33. The van der Waals surface area contributed by atoms with Crippen molar-refractivity contribution in [1.82, 2.24) is 0 Å². The zero-order chi connectivity index (χ0) is 23.4. The van der Waals surface area contributed by atoms with E-state index in [9.17, 15) is 15.2 Å². The summed E-state index contributed by atoms with van der Waals surface area (Å²) in [5.74, 6) is 0.357. The Hall–Kier alpha value is -3.71. The van der Waals surface area contributed by atoms with Gasteiger partial charge in [-0.05, 0) is 23.1 Å². The van der Waals surface area contributed by atoms with E-state index in [1.807, 2.05) is 74.5 Å². The van der Waals surface area contributed by atoms with Crippen molar-refractivity contribution in [2.24, 2.45) is 10.9 Å². The summed E-state index contributed by atoms with van der Waals surface area (Å²) >= 11 is 0. The molecule has 33 heavy (non-hydrogen) atoms. The summed E-state index contributed by atoms with van der Waals surface area (Å²) in [7, 11) is 0. The first-order valence-electron chi connectivity index (χ1n) is 10.9. The molecular formula is C26H27N3O4. The topological polar surface area (TPSA) is 97.0 Å². The minimum Gasteiger partial charge on any atom is -0.475 e. The Morgan fingerprint density at radius 1 is 1.12 bits per heavy atom. The summed E-state index contributed by atoms with van der Waals surface area (Å²) in [4.78, 5) is 15.8. The van der Waals surface area contributed by atoms with Crippen molar-refractivity contribution in [1.29, 1.82) is 0 Å². The molecule has 0 fully saturated rings. The van der Waals surface area contributed by atoms with Gasteiger partial charge in [-0.2, -0.15) is 0 Å². The number of nitrogens with zero attached hydrogens (tertiary/aromatic N) is 2. The van der Waals surface area contributed by atoms with Gasteiger partial charge in [0, 0.05) is 17.8 Å². The molecule has 0 saturated heterocycles. The van der Waals surface area contributed by atoms with E-state index in [1.165, 1.54) is 12.1 Å². The van der Waals surface area contributed by atoms with Crippen LogP contribution in [-0.2, 0) is 10.3 Å². The number of aliphatic hydroxyl groups is 1. The van der Waals surface area contributed by atoms with Gasteiger partial charge in [0.15, 0.2) is 0 Å². The Labute approximate surface area is 192 Å². The van der Waals surface area contributed by atoms with Crippen LogP contribution in [0.1, 0.15) is 36.6 Å². The largest absolute Gasteiger partial charge is 0.475 e. The Morgan fingerprint density at radius 3 is 2.39 bits per heavy atom. The van der Waals surface area contributed by atoms with Crippen molar-refractivity contribution < 1.29 is 14.8 Å². The average molecular weight is 446 g/mol. The van der Waals surface area contributed by atoms with E-state index >= 15 is 0 Å². The van der Waals surface area contributed by atoms with Crippen LogP contribution in [0.2, 0.25) is 0 Å². The minimum absolute atomic E-state index is 0.0106. The van der Waals surface area contributed by atoms with Gasteiger partial charge in [0.25, 0.3) is 5.69 Å². The van der Waals surface area contributed by atoms with Crippen molar-refractivity contribution in [3.05, 3.63) is 106 Å². The number of non-ortho nitro benzene ring substituents is 1. The van der Waals surface area contributed by atoms with Crippen LogP contribution in [0.15, 0.2) is 83.9 Å². The standard InChI is InChI=1S/C26H27N3O4/c1-18(2)26(17-30,20-11-7-4-8-12-20)28-23-14-13-21(29(31)32)15-22(23)25-27-24(16-33-25)19-9-5-3-6-10-19/h3-15,18,24,28,30H,16-17H2,1-2H3/t24-,26-/m0/s1. The maximum absolute atomic E-state index is 11.5. The number of ether oxygens (including phenoxy) is 1. The number of hydrogen-bond donors (Lipinski definition) is 2. The van der Waals surface area contributed by atoms with Crippen LogP contribution in [0.5, 0.6) is 0 Å². The molecule has 3 aromatic carbocycles. The molecule has 1 heterocycles. The number of hydrogen-bond acceptors (Lipinski definition) is 6. The molecule has 7 heteroatoms. The predicted molar refractivity (Wildman–Crippen MR) is 128 cm³/mol. The maximum Gasteiger partial charge on any atom is 0.270 e. The molecule has 1 aliphatic rings. The Bertz CT molecular complexity index is 1150.